The molecule has 106 heavy (non-hydrogen) atoms. The van der Waals surface area contributed by atoms with Gasteiger partial charge in [-0.2, -0.15) is 8.78 Å². The average Bonchev–Trinajstić information content (AvgIpc) is 1.64. The number of pyridine rings is 2. The fourth-order valence-corrected chi connectivity index (χ4v) is 13.8. The van der Waals surface area contributed by atoms with E-state index in [0.29, 0.717) is 140 Å². The van der Waals surface area contributed by atoms with E-state index < -0.39 is 12.2 Å². The summed E-state index contributed by atoms with van der Waals surface area (Å²) in [5.74, 6) is 2.11. The van der Waals surface area contributed by atoms with E-state index in [-0.39, 0.29) is 42.5 Å². The molecule has 0 saturated carbocycles. The number of ether oxygens (including phenoxy) is 1. The van der Waals surface area contributed by atoms with Gasteiger partial charge in [-0.3, -0.25) is 57.3 Å². The van der Waals surface area contributed by atoms with Crippen LogP contribution in [0.3, 0.4) is 0 Å². The van der Waals surface area contributed by atoms with Crippen molar-refractivity contribution in [3.05, 3.63) is 173 Å². The molecule has 3 aliphatic rings. The number of nitrogens with one attached hydrogen (secondary N) is 3. The molecule has 3 fully saturated rings. The number of rotatable bonds is 18. The van der Waals surface area contributed by atoms with Crippen molar-refractivity contribution in [3.8, 4) is 39.5 Å². The van der Waals surface area contributed by atoms with Crippen LogP contribution in [0, 0.1) is 0 Å². The van der Waals surface area contributed by atoms with Crippen molar-refractivity contribution in [2.24, 2.45) is 0 Å². The van der Waals surface area contributed by atoms with Gasteiger partial charge in [0.25, 0.3) is 0 Å². The van der Waals surface area contributed by atoms with Crippen LogP contribution in [0.1, 0.15) is 20.8 Å². The first kappa shape index (κ1) is 74.8. The fraction of sp³-hybridized carbons (Fsp3) is 0.315. The maximum Gasteiger partial charge on any atom is 0.394 e. The summed E-state index contributed by atoms with van der Waals surface area (Å²) in [4.78, 5) is 101. The Bertz CT molecular complexity index is 4880. The molecule has 14 rings (SSSR count). The lowest BCUT2D eigenvalue weighted by Gasteiger charge is -2.36. The van der Waals surface area contributed by atoms with Gasteiger partial charge < -0.3 is 59.9 Å². The Morgan fingerprint density at radius 3 is 1.18 bits per heavy atom. The van der Waals surface area contributed by atoms with E-state index in [1.165, 1.54) is 12.1 Å². The molecule has 27 nitrogen and oxygen atoms in total. The molecular weight excluding hydrogens is 1440 g/mol. The van der Waals surface area contributed by atoms with Gasteiger partial charge in [0.2, 0.25) is 23.6 Å². The van der Waals surface area contributed by atoms with Crippen LogP contribution in [-0.4, -0.2) is 228 Å². The maximum absolute atomic E-state index is 13.2. The molecule has 1 unspecified atom stereocenters. The van der Waals surface area contributed by atoms with Crippen LogP contribution in [-0.2, 0) is 19.2 Å². The van der Waals surface area contributed by atoms with Crippen molar-refractivity contribution in [2.75, 3.05) is 155 Å². The molecule has 11 heterocycles. The van der Waals surface area contributed by atoms with Gasteiger partial charge in [-0.15, -0.1) is 0 Å². The van der Waals surface area contributed by atoms with E-state index in [9.17, 15) is 28.0 Å². The van der Waals surface area contributed by atoms with Gasteiger partial charge in [0, 0.05) is 211 Å². The van der Waals surface area contributed by atoms with Gasteiger partial charge in [-0.1, -0.05) is 70.7 Å². The van der Waals surface area contributed by atoms with E-state index in [0.717, 1.165) is 56.9 Å². The number of hydrogen-bond donors (Lipinski definition) is 3. The molecule has 3 aromatic carbocycles. The standard InChI is InChI=1S/C25H23Cl2F2N7O2.C25H26Cl2N8O.C23H29N7O2/c1-25(28,29)38-17-4-2-16(3-5-17)22-24(36-7-6-30-14-20(36)33-22)32-15-21(37)34-8-10-35(11-9-34)23-18(26)12-31-13-19(23)27;1-32(2)18-5-3-17(4-6-18)23-25(35-8-7-28-15-21(35)31-23)30-16-22(36)33-9-11-34(12-10-33)24-19(26)13-29-14-20(24)27;1-16(23(32)29-13-11-28(12-14-29)17(2)31)25-22-21(26-20-15-24-9-10-30(20)22)18-5-7-19(8-6-18)27(3)4/h2-7,12-14,32H,8-11,15H2,1H3;3-8,13-15,30H,9-12,16H2,1-2H3;5-10,15-16,25H,11-14H2,1-4H3. The van der Waals surface area contributed by atoms with Gasteiger partial charge >= 0.3 is 6.11 Å². The zero-order valence-corrected chi connectivity index (χ0v) is 62.2. The highest BCUT2D eigenvalue weighted by atomic mass is 35.5. The second kappa shape index (κ2) is 33.1. The third kappa shape index (κ3) is 17.4. The minimum atomic E-state index is -3.29. The number of aromatic nitrogens is 11. The minimum absolute atomic E-state index is 0.00566. The Morgan fingerprint density at radius 1 is 0.481 bits per heavy atom. The van der Waals surface area contributed by atoms with Crippen molar-refractivity contribution in [3.63, 3.8) is 0 Å². The number of amides is 4. The molecule has 0 radical (unpaired) electrons. The summed E-state index contributed by atoms with van der Waals surface area (Å²) < 4.78 is 36.6. The Labute approximate surface area is 630 Å². The van der Waals surface area contributed by atoms with Crippen molar-refractivity contribution in [2.45, 2.75) is 32.9 Å². The van der Waals surface area contributed by atoms with Crippen LogP contribution in [0.15, 0.2) is 153 Å². The largest absolute Gasteiger partial charge is 0.433 e. The molecule has 33 heteroatoms. The summed E-state index contributed by atoms with van der Waals surface area (Å²) in [6.45, 7) is 11.1. The SMILES string of the molecule is CC(=O)N1CCN(C(=O)C(C)Nc2c(-c3ccc(N(C)C)cc3)nc3cnccn23)CC1.CC(F)(F)Oc1ccc(-c2nc3cnccn3c2NCC(=O)N2CCN(c3c(Cl)cncc3Cl)CC2)cc1.CN(C)c1ccc(-c2nc3cnccn3c2NCC(=O)N2CCN(c3c(Cl)cncc3Cl)CC2)cc1. The topological polar surface area (TPSA) is 256 Å². The number of nitrogens with zero attached hydrogens (tertiary/aromatic N) is 19. The number of imidazole rings is 3. The Balaban J connectivity index is 0.000000150. The molecule has 0 bridgehead atoms. The molecule has 8 aromatic heterocycles. The predicted octanol–water partition coefficient (Wildman–Crippen LogP) is 10.7. The summed E-state index contributed by atoms with van der Waals surface area (Å²) in [6.07, 6.45) is 18.4. The number of fused-ring (bicyclic) bond motifs is 3. The van der Waals surface area contributed by atoms with Gasteiger partial charge in [0.1, 0.15) is 46.3 Å². The molecule has 3 aliphatic heterocycles. The van der Waals surface area contributed by atoms with Gasteiger partial charge in [-0.05, 0) is 55.5 Å². The first-order valence-corrected chi connectivity index (χ1v) is 35.6. The molecule has 3 N–H and O–H groups in total. The van der Waals surface area contributed by atoms with Crippen LogP contribution < -0.4 is 40.3 Å². The van der Waals surface area contributed by atoms with Crippen molar-refractivity contribution >= 4 is 127 Å². The third-order valence-electron chi connectivity index (χ3n) is 18.2. The Morgan fingerprint density at radius 2 is 0.821 bits per heavy atom. The van der Waals surface area contributed by atoms with E-state index in [1.54, 1.807) is 101 Å². The lowest BCUT2D eigenvalue weighted by atomic mass is 10.1. The number of carbonyl (C=O) groups is 4. The highest BCUT2D eigenvalue weighted by Gasteiger charge is 2.31. The van der Waals surface area contributed by atoms with Crippen LogP contribution in [0.4, 0.5) is 49.0 Å². The van der Waals surface area contributed by atoms with E-state index in [4.69, 9.17) is 56.4 Å². The van der Waals surface area contributed by atoms with Crippen LogP contribution >= 0.6 is 46.4 Å². The smallest absolute Gasteiger partial charge is 0.394 e. The second-order valence-corrected chi connectivity index (χ2v) is 27.3. The number of piperazine rings is 3. The highest BCUT2D eigenvalue weighted by molar-refractivity contribution is 6.39. The minimum Gasteiger partial charge on any atom is -0.433 e. The maximum atomic E-state index is 13.2. The fourth-order valence-electron chi connectivity index (χ4n) is 12.6. The normalized spacial score (nSPS) is 14.3. The predicted molar refractivity (Wildman–Crippen MR) is 410 cm³/mol. The first-order chi connectivity index (χ1) is 51.0. The Kier molecular flexibility index (Phi) is 23.3. The number of benzene rings is 3. The van der Waals surface area contributed by atoms with Crippen LogP contribution in [0.5, 0.6) is 5.75 Å². The molecule has 0 aliphatic carbocycles. The van der Waals surface area contributed by atoms with Crippen molar-refractivity contribution < 1.29 is 32.7 Å². The second-order valence-electron chi connectivity index (χ2n) is 25.7. The molecular formula is C73H78Cl4F2N22O5. The summed E-state index contributed by atoms with van der Waals surface area (Å²) in [5, 5.41) is 11.9. The molecule has 1 atom stereocenters. The summed E-state index contributed by atoms with van der Waals surface area (Å²) in [6, 6.07) is 22.0. The van der Waals surface area contributed by atoms with Crippen LogP contribution in [0.25, 0.3) is 50.7 Å². The third-order valence-corrected chi connectivity index (χ3v) is 19.3. The molecule has 4 amide bonds. The summed E-state index contributed by atoms with van der Waals surface area (Å²) in [7, 11) is 8.01. The zero-order chi connectivity index (χ0) is 74.9. The molecule has 11 aromatic rings. The lowest BCUT2D eigenvalue weighted by Crippen LogP contribution is -2.53. The number of hydrogen-bond acceptors (Lipinski definition) is 20. The molecule has 552 valence electrons. The number of anilines is 7. The average molecular weight is 1520 g/mol. The van der Waals surface area contributed by atoms with Gasteiger partial charge in [0.05, 0.1) is 63.1 Å². The molecule has 3 saturated heterocycles. The van der Waals surface area contributed by atoms with Crippen molar-refractivity contribution in [1.29, 1.82) is 0 Å². The van der Waals surface area contributed by atoms with E-state index in [1.807, 2.05) is 129 Å². The first-order valence-electron chi connectivity index (χ1n) is 34.1. The number of halogens is 6. The zero-order valence-electron chi connectivity index (χ0n) is 59.2. The van der Waals surface area contributed by atoms with E-state index in [2.05, 4.69) is 55.5 Å². The van der Waals surface area contributed by atoms with Gasteiger partial charge in [0.15, 0.2) is 16.9 Å². The monoisotopic (exact) mass is 1520 g/mol. The summed E-state index contributed by atoms with van der Waals surface area (Å²) in [5.41, 5.74) is 10.3. The van der Waals surface area contributed by atoms with Crippen molar-refractivity contribution in [1.82, 2.24) is 72.7 Å². The number of alkyl halides is 2. The quantitative estimate of drug-likeness (QED) is 0.0721. The molecule has 0 spiro atoms. The number of carbonyl (C=O) groups excluding carboxylic acids is 4. The Hall–Kier alpha value is -10.9. The lowest BCUT2D eigenvalue weighted by molar-refractivity contribution is -0.159. The summed E-state index contributed by atoms with van der Waals surface area (Å²) >= 11 is 25.2. The van der Waals surface area contributed by atoms with Crippen LogP contribution in [0.2, 0.25) is 20.1 Å². The highest BCUT2D eigenvalue weighted by Crippen LogP contribution is 2.37. The van der Waals surface area contributed by atoms with Gasteiger partial charge in [-0.25, -0.2) is 15.0 Å². The van der Waals surface area contributed by atoms with E-state index >= 15 is 0 Å².